The van der Waals surface area contributed by atoms with Crippen LogP contribution in [0.4, 0.5) is 0 Å². The van der Waals surface area contributed by atoms with Crippen LogP contribution in [-0.2, 0) is 18.8 Å². The monoisotopic (exact) mass is 332 g/mol. The van der Waals surface area contributed by atoms with Crippen LogP contribution in [-0.4, -0.2) is 60.9 Å². The third-order valence-corrected chi connectivity index (χ3v) is 5.24. The van der Waals surface area contributed by atoms with E-state index < -0.39 is 47.7 Å². The van der Waals surface area contributed by atoms with Gasteiger partial charge in [0.25, 0.3) is 5.56 Å². The highest BCUT2D eigenvalue weighted by atomic mass is 32.2. The van der Waals surface area contributed by atoms with Crippen molar-refractivity contribution in [2.24, 2.45) is 14.1 Å². The Morgan fingerprint density at radius 2 is 1.86 bits per heavy atom. The molecule has 3 heterocycles. The van der Waals surface area contributed by atoms with Crippen molar-refractivity contribution in [2.45, 2.75) is 34.7 Å². The van der Waals surface area contributed by atoms with Gasteiger partial charge in [0.2, 0.25) is 12.2 Å². The fraction of sp³-hybridized carbons (Fsp3) is 0.667. The van der Waals surface area contributed by atoms with E-state index in [0.717, 1.165) is 16.3 Å². The van der Waals surface area contributed by atoms with Gasteiger partial charge in [0.1, 0.15) is 28.5 Å². The summed E-state index contributed by atoms with van der Waals surface area (Å²) in [4.78, 5) is 24.3. The van der Waals surface area contributed by atoms with Gasteiger partial charge in [-0.3, -0.25) is 13.9 Å². The molecule has 0 aliphatic carbocycles. The van der Waals surface area contributed by atoms with Crippen LogP contribution in [0.15, 0.2) is 14.5 Å². The molecule has 1 fully saturated rings. The largest absolute Gasteiger partial charge is 0.447 e. The number of fused-ring (bicyclic) bond motifs is 2. The molecule has 0 spiro atoms. The van der Waals surface area contributed by atoms with Crippen LogP contribution >= 0.6 is 11.8 Å². The van der Waals surface area contributed by atoms with Gasteiger partial charge in [-0.05, 0) is 0 Å². The van der Waals surface area contributed by atoms with Gasteiger partial charge >= 0.3 is 5.69 Å². The zero-order valence-electron chi connectivity index (χ0n) is 11.9. The molecule has 0 radical (unpaired) electrons. The number of aliphatic hydroxyl groups excluding tert-OH is 3. The van der Waals surface area contributed by atoms with E-state index in [4.69, 9.17) is 9.47 Å². The molecule has 1 aromatic heterocycles. The minimum atomic E-state index is -1.29. The average Bonchev–Trinajstić information content (AvgIpc) is 2.53. The lowest BCUT2D eigenvalue weighted by Crippen LogP contribution is -2.60. The Labute approximate surface area is 128 Å². The molecule has 5 atom stereocenters. The van der Waals surface area contributed by atoms with Crippen LogP contribution in [0, 0.1) is 0 Å². The van der Waals surface area contributed by atoms with Crippen LogP contribution < -0.4 is 16.0 Å². The molecule has 0 unspecified atom stereocenters. The maximum absolute atomic E-state index is 12.2. The first-order valence-corrected chi connectivity index (χ1v) is 7.50. The lowest BCUT2D eigenvalue weighted by Gasteiger charge is -2.43. The quantitative estimate of drug-likeness (QED) is 0.511. The Balaban J connectivity index is 2.07. The Kier molecular flexibility index (Phi) is 3.81. The summed E-state index contributed by atoms with van der Waals surface area (Å²) < 4.78 is 13.1. The van der Waals surface area contributed by atoms with Crippen molar-refractivity contribution in [3.8, 4) is 5.88 Å². The molecule has 3 N–H and O–H groups in total. The van der Waals surface area contributed by atoms with E-state index in [9.17, 15) is 24.9 Å². The molecule has 0 bridgehead atoms. The fourth-order valence-electron chi connectivity index (χ4n) is 2.55. The molecule has 0 saturated carbocycles. The summed E-state index contributed by atoms with van der Waals surface area (Å²) in [6.07, 6.45) is -4.51. The van der Waals surface area contributed by atoms with E-state index >= 15 is 0 Å². The first-order chi connectivity index (χ1) is 10.4. The van der Waals surface area contributed by atoms with Crippen molar-refractivity contribution in [1.29, 1.82) is 0 Å². The molecule has 3 rings (SSSR count). The molecule has 0 amide bonds. The number of hydrogen-bond donors (Lipinski definition) is 3. The topological polar surface area (TPSA) is 123 Å². The van der Waals surface area contributed by atoms with Crippen molar-refractivity contribution in [1.82, 2.24) is 9.13 Å². The lowest BCUT2D eigenvalue weighted by atomic mass is 10.0. The van der Waals surface area contributed by atoms with Crippen LogP contribution in [0.3, 0.4) is 0 Å². The number of aliphatic hydroxyl groups is 3. The standard InChI is InChI=1S/C12H16N2O7S/c1-13-9(18)8-10(14(2)12(13)19)21-11-7(22-8)6(17)5(16)4(3-15)20-11/h4-7,11,15-17H,3H2,1-2H3/t4-,5-,6+,7-,11-/m1/s1. The first-order valence-electron chi connectivity index (χ1n) is 6.62. The summed E-state index contributed by atoms with van der Waals surface area (Å²) in [5.41, 5.74) is -1.08. The Morgan fingerprint density at radius 3 is 2.50 bits per heavy atom. The van der Waals surface area contributed by atoms with Gasteiger partial charge in [-0.15, -0.1) is 11.8 Å². The van der Waals surface area contributed by atoms with Crippen molar-refractivity contribution in [3.05, 3.63) is 20.8 Å². The zero-order chi connectivity index (χ0) is 16.2. The SMILES string of the molecule is Cn1c2c(c(=O)n(C)c1=O)S[C@H]1[C@@H](O2)O[C@H](CO)[C@@H](O)[C@@H]1O. The molecule has 10 heteroatoms. The van der Waals surface area contributed by atoms with E-state index in [1.54, 1.807) is 0 Å². The van der Waals surface area contributed by atoms with E-state index in [1.807, 2.05) is 0 Å². The number of hydrogen-bond acceptors (Lipinski definition) is 8. The highest BCUT2D eigenvalue weighted by Gasteiger charge is 2.49. The van der Waals surface area contributed by atoms with Gasteiger partial charge in [-0.2, -0.15) is 0 Å². The maximum atomic E-state index is 12.2. The molecular formula is C12H16N2O7S. The molecular weight excluding hydrogens is 316 g/mol. The maximum Gasteiger partial charge on any atom is 0.333 e. The molecule has 9 nitrogen and oxygen atoms in total. The lowest BCUT2D eigenvalue weighted by molar-refractivity contribution is -0.229. The van der Waals surface area contributed by atoms with Gasteiger partial charge in [0.15, 0.2) is 0 Å². The van der Waals surface area contributed by atoms with Gasteiger partial charge in [0.05, 0.1) is 6.61 Å². The van der Waals surface area contributed by atoms with Crippen LogP contribution in [0.5, 0.6) is 5.88 Å². The fourth-order valence-corrected chi connectivity index (χ4v) is 3.88. The summed E-state index contributed by atoms with van der Waals surface area (Å²) >= 11 is 0.994. The number of rotatable bonds is 1. The first kappa shape index (κ1) is 15.6. The number of ether oxygens (including phenoxy) is 2. The van der Waals surface area contributed by atoms with E-state index in [-0.39, 0.29) is 10.8 Å². The predicted octanol–water partition coefficient (Wildman–Crippen LogP) is -2.62. The second kappa shape index (κ2) is 5.39. The molecule has 22 heavy (non-hydrogen) atoms. The molecule has 2 aliphatic rings. The van der Waals surface area contributed by atoms with Crippen molar-refractivity contribution in [3.63, 3.8) is 0 Å². The third-order valence-electron chi connectivity index (χ3n) is 3.88. The highest BCUT2D eigenvalue weighted by Crippen LogP contribution is 2.41. The third kappa shape index (κ3) is 2.10. The summed E-state index contributed by atoms with van der Waals surface area (Å²) in [5, 5.41) is 28.5. The Hall–Kier alpha value is -1.33. The second-order valence-corrected chi connectivity index (χ2v) is 6.44. The summed E-state index contributed by atoms with van der Waals surface area (Å²) in [5.74, 6) is 0.0552. The van der Waals surface area contributed by atoms with Crippen molar-refractivity contribution >= 4 is 11.8 Å². The van der Waals surface area contributed by atoms with E-state index in [2.05, 4.69) is 0 Å². The van der Waals surface area contributed by atoms with Gasteiger partial charge in [-0.25, -0.2) is 4.79 Å². The Morgan fingerprint density at radius 1 is 1.18 bits per heavy atom. The molecule has 1 saturated heterocycles. The minimum absolute atomic E-state index is 0.0552. The average molecular weight is 332 g/mol. The number of aromatic nitrogens is 2. The van der Waals surface area contributed by atoms with Crippen LogP contribution in [0.25, 0.3) is 0 Å². The zero-order valence-corrected chi connectivity index (χ0v) is 12.7. The highest BCUT2D eigenvalue weighted by molar-refractivity contribution is 8.00. The van der Waals surface area contributed by atoms with Crippen molar-refractivity contribution < 1.29 is 24.8 Å². The van der Waals surface area contributed by atoms with E-state index in [0.29, 0.717) is 0 Å². The molecule has 122 valence electrons. The van der Waals surface area contributed by atoms with Gasteiger partial charge in [-0.1, -0.05) is 0 Å². The number of thioether (sulfide) groups is 1. The predicted molar refractivity (Wildman–Crippen MR) is 75.0 cm³/mol. The summed E-state index contributed by atoms with van der Waals surface area (Å²) in [6.45, 7) is -0.488. The van der Waals surface area contributed by atoms with Crippen LogP contribution in [0.1, 0.15) is 0 Å². The second-order valence-electron chi connectivity index (χ2n) is 5.25. The van der Waals surface area contributed by atoms with Gasteiger partial charge in [0, 0.05) is 14.1 Å². The van der Waals surface area contributed by atoms with Gasteiger partial charge < -0.3 is 24.8 Å². The molecule has 0 aromatic carbocycles. The minimum Gasteiger partial charge on any atom is -0.447 e. The van der Waals surface area contributed by atoms with Crippen LogP contribution in [0.2, 0.25) is 0 Å². The summed E-state index contributed by atoms with van der Waals surface area (Å²) in [7, 11) is 2.81. The molecule has 1 aromatic rings. The number of nitrogens with zero attached hydrogens (tertiary/aromatic N) is 2. The summed E-state index contributed by atoms with van der Waals surface area (Å²) in [6, 6.07) is 0. The Bertz CT molecular complexity index is 715. The van der Waals surface area contributed by atoms with E-state index in [1.165, 1.54) is 18.7 Å². The van der Waals surface area contributed by atoms with Crippen molar-refractivity contribution in [2.75, 3.05) is 6.61 Å². The molecule has 2 aliphatic heterocycles. The smallest absolute Gasteiger partial charge is 0.333 e. The normalized spacial score (nSPS) is 33.8.